The lowest BCUT2D eigenvalue weighted by Crippen LogP contribution is -2.26. The van der Waals surface area contributed by atoms with Crippen molar-refractivity contribution < 1.29 is 9.53 Å². The molecule has 0 N–H and O–H groups in total. The number of fused-ring (bicyclic) bond motifs is 1. The van der Waals surface area contributed by atoms with E-state index in [0.717, 1.165) is 10.9 Å². The van der Waals surface area contributed by atoms with Gasteiger partial charge in [0.2, 0.25) is 0 Å². The molecule has 2 rings (SSSR count). The summed E-state index contributed by atoms with van der Waals surface area (Å²) in [5, 5.41) is 9.87. The van der Waals surface area contributed by atoms with E-state index in [-0.39, 0.29) is 12.5 Å². The van der Waals surface area contributed by atoms with E-state index in [0.29, 0.717) is 11.2 Å². The van der Waals surface area contributed by atoms with Crippen molar-refractivity contribution in [3.8, 4) is 6.07 Å². The quantitative estimate of drug-likeness (QED) is 0.787. The minimum Gasteiger partial charge on any atom is -0.459 e. The maximum Gasteiger partial charge on any atom is 0.326 e. The molecule has 0 unspecified atom stereocenters. The first kappa shape index (κ1) is 14.1. The molecule has 0 saturated heterocycles. The number of aromatic nitrogens is 2. The molecule has 0 saturated carbocycles. The van der Waals surface area contributed by atoms with Crippen LogP contribution in [0.15, 0.2) is 18.5 Å². The number of aryl methyl sites for hydroxylation is 1. The third kappa shape index (κ3) is 2.80. The summed E-state index contributed by atoms with van der Waals surface area (Å²) in [7, 11) is 0. The van der Waals surface area contributed by atoms with Crippen molar-refractivity contribution in [1.29, 1.82) is 5.26 Å². The van der Waals surface area contributed by atoms with Crippen LogP contribution in [0, 0.1) is 18.3 Å². The van der Waals surface area contributed by atoms with Crippen LogP contribution >= 0.6 is 0 Å². The van der Waals surface area contributed by atoms with Crippen molar-refractivity contribution in [3.05, 3.63) is 29.6 Å². The van der Waals surface area contributed by atoms with Crippen molar-refractivity contribution in [2.75, 3.05) is 0 Å². The Bertz CT molecular complexity index is 702. The SMILES string of the molecule is Cc1c(C#N)cnc2c1ccn2CC(=O)OC(C)(C)C. The number of nitriles is 1. The van der Waals surface area contributed by atoms with Gasteiger partial charge in [0.05, 0.1) is 5.56 Å². The molecule has 0 amide bonds. The van der Waals surface area contributed by atoms with Gasteiger partial charge in [0.1, 0.15) is 23.9 Å². The van der Waals surface area contributed by atoms with Crippen molar-refractivity contribution >= 4 is 17.0 Å². The van der Waals surface area contributed by atoms with E-state index in [1.54, 1.807) is 10.8 Å². The van der Waals surface area contributed by atoms with Crippen LogP contribution in [0.2, 0.25) is 0 Å². The molecule has 0 aliphatic heterocycles. The van der Waals surface area contributed by atoms with E-state index < -0.39 is 5.60 Å². The Kier molecular flexibility index (Phi) is 3.49. The van der Waals surface area contributed by atoms with Gasteiger partial charge in [0.25, 0.3) is 0 Å². The van der Waals surface area contributed by atoms with E-state index >= 15 is 0 Å². The second-order valence-corrected chi connectivity index (χ2v) is 5.68. The van der Waals surface area contributed by atoms with Gasteiger partial charge in [-0.05, 0) is 39.3 Å². The maximum atomic E-state index is 11.9. The molecule has 0 aromatic carbocycles. The van der Waals surface area contributed by atoms with Crippen LogP contribution in [0.1, 0.15) is 31.9 Å². The molecule has 5 heteroatoms. The van der Waals surface area contributed by atoms with E-state index in [4.69, 9.17) is 10.00 Å². The van der Waals surface area contributed by atoms with Crippen LogP contribution in [0.25, 0.3) is 11.0 Å². The van der Waals surface area contributed by atoms with E-state index in [9.17, 15) is 4.79 Å². The monoisotopic (exact) mass is 271 g/mol. The average molecular weight is 271 g/mol. The molecule has 104 valence electrons. The predicted molar refractivity (Wildman–Crippen MR) is 75.0 cm³/mol. The number of hydrogen-bond acceptors (Lipinski definition) is 4. The summed E-state index contributed by atoms with van der Waals surface area (Å²) < 4.78 is 7.03. The zero-order chi connectivity index (χ0) is 14.9. The average Bonchev–Trinajstić information content (AvgIpc) is 2.71. The van der Waals surface area contributed by atoms with Gasteiger partial charge in [-0.15, -0.1) is 0 Å². The highest BCUT2D eigenvalue weighted by Gasteiger charge is 2.17. The highest BCUT2D eigenvalue weighted by Crippen LogP contribution is 2.20. The largest absolute Gasteiger partial charge is 0.459 e. The molecule has 0 atom stereocenters. The number of nitrogens with zero attached hydrogens (tertiary/aromatic N) is 3. The summed E-state index contributed by atoms with van der Waals surface area (Å²) in [6, 6.07) is 3.97. The van der Waals surface area contributed by atoms with Gasteiger partial charge in [0.15, 0.2) is 0 Å². The first-order valence-corrected chi connectivity index (χ1v) is 6.38. The Hall–Kier alpha value is -2.35. The molecule has 0 fully saturated rings. The minimum atomic E-state index is -0.503. The van der Waals surface area contributed by atoms with Gasteiger partial charge in [-0.3, -0.25) is 4.79 Å². The summed E-state index contributed by atoms with van der Waals surface area (Å²) in [5.74, 6) is -0.307. The first-order chi connectivity index (χ1) is 9.31. The third-order valence-electron chi connectivity index (χ3n) is 2.90. The Morgan fingerprint density at radius 1 is 1.50 bits per heavy atom. The zero-order valence-electron chi connectivity index (χ0n) is 12.1. The highest BCUT2D eigenvalue weighted by atomic mass is 16.6. The standard InChI is InChI=1S/C15H17N3O2/c1-10-11(7-16)8-17-14-12(10)5-6-18(14)9-13(19)20-15(2,3)4/h5-6,8H,9H2,1-4H3. The van der Waals surface area contributed by atoms with E-state index in [1.807, 2.05) is 33.8 Å². The lowest BCUT2D eigenvalue weighted by atomic mass is 10.1. The molecule has 2 heterocycles. The molecule has 0 bridgehead atoms. The van der Waals surface area contributed by atoms with Gasteiger partial charge in [-0.2, -0.15) is 5.26 Å². The summed E-state index contributed by atoms with van der Waals surface area (Å²) in [6.45, 7) is 7.49. The van der Waals surface area contributed by atoms with Crippen LogP contribution in [0.4, 0.5) is 0 Å². The minimum absolute atomic E-state index is 0.110. The lowest BCUT2D eigenvalue weighted by molar-refractivity contribution is -0.155. The molecular weight excluding hydrogens is 254 g/mol. The van der Waals surface area contributed by atoms with Gasteiger partial charge in [-0.25, -0.2) is 4.98 Å². The molecule has 2 aromatic heterocycles. The van der Waals surface area contributed by atoms with Crippen LogP contribution in [0.5, 0.6) is 0 Å². The van der Waals surface area contributed by atoms with Gasteiger partial charge in [0, 0.05) is 17.8 Å². The second kappa shape index (κ2) is 4.97. The van der Waals surface area contributed by atoms with Crippen LogP contribution in [0.3, 0.4) is 0 Å². The van der Waals surface area contributed by atoms with Crippen LogP contribution < -0.4 is 0 Å². The van der Waals surface area contributed by atoms with E-state index in [1.165, 1.54) is 6.20 Å². The summed E-state index contributed by atoms with van der Waals surface area (Å²) >= 11 is 0. The highest BCUT2D eigenvalue weighted by molar-refractivity contribution is 5.83. The number of esters is 1. The van der Waals surface area contributed by atoms with Crippen molar-refractivity contribution in [2.45, 2.75) is 39.8 Å². The Balaban J connectivity index is 2.31. The van der Waals surface area contributed by atoms with Gasteiger partial charge >= 0.3 is 5.97 Å². The zero-order valence-corrected chi connectivity index (χ0v) is 12.1. The van der Waals surface area contributed by atoms with Crippen LogP contribution in [-0.2, 0) is 16.1 Å². The first-order valence-electron chi connectivity index (χ1n) is 6.38. The van der Waals surface area contributed by atoms with Gasteiger partial charge in [-0.1, -0.05) is 0 Å². The number of ether oxygens (including phenoxy) is 1. The summed E-state index contributed by atoms with van der Waals surface area (Å²) in [6.07, 6.45) is 3.32. The Morgan fingerprint density at radius 3 is 2.80 bits per heavy atom. The van der Waals surface area contributed by atoms with Crippen molar-refractivity contribution in [3.63, 3.8) is 0 Å². The number of hydrogen-bond donors (Lipinski definition) is 0. The molecule has 0 aliphatic carbocycles. The smallest absolute Gasteiger partial charge is 0.326 e. The molecule has 2 aromatic rings. The Morgan fingerprint density at radius 2 is 2.20 bits per heavy atom. The van der Waals surface area contributed by atoms with E-state index in [2.05, 4.69) is 11.1 Å². The molecule has 0 radical (unpaired) electrons. The normalized spacial score (nSPS) is 11.3. The predicted octanol–water partition coefficient (Wildman–Crippen LogP) is 2.56. The summed E-state index contributed by atoms with van der Waals surface area (Å²) in [4.78, 5) is 16.1. The maximum absolute atomic E-state index is 11.9. The number of rotatable bonds is 2. The van der Waals surface area contributed by atoms with Crippen LogP contribution in [-0.4, -0.2) is 21.1 Å². The fourth-order valence-corrected chi connectivity index (χ4v) is 2.02. The third-order valence-corrected chi connectivity index (χ3v) is 2.90. The molecule has 0 spiro atoms. The molecule has 20 heavy (non-hydrogen) atoms. The topological polar surface area (TPSA) is 67.9 Å². The fraction of sp³-hybridized carbons (Fsp3) is 0.400. The lowest BCUT2D eigenvalue weighted by Gasteiger charge is -2.19. The second-order valence-electron chi connectivity index (χ2n) is 5.68. The summed E-state index contributed by atoms with van der Waals surface area (Å²) in [5.41, 5.74) is 1.61. The molecule has 0 aliphatic rings. The van der Waals surface area contributed by atoms with Crippen molar-refractivity contribution in [2.24, 2.45) is 0 Å². The molecule has 5 nitrogen and oxygen atoms in total. The number of carbonyl (C=O) groups is 1. The number of carbonyl (C=O) groups excluding carboxylic acids is 1. The van der Waals surface area contributed by atoms with Crippen molar-refractivity contribution in [1.82, 2.24) is 9.55 Å². The fourth-order valence-electron chi connectivity index (χ4n) is 2.02. The number of pyridine rings is 1. The molecular formula is C15H17N3O2. The Labute approximate surface area is 117 Å². The van der Waals surface area contributed by atoms with Gasteiger partial charge < -0.3 is 9.30 Å².